The topological polar surface area (TPSA) is 97.8 Å². The minimum absolute atomic E-state index is 0.0681. The van der Waals surface area contributed by atoms with Crippen LogP contribution in [0, 0.1) is 0 Å². The Morgan fingerprint density at radius 1 is 1.35 bits per heavy atom. The summed E-state index contributed by atoms with van der Waals surface area (Å²) in [6, 6.07) is 4.98. The predicted molar refractivity (Wildman–Crippen MR) is 99.5 cm³/mol. The van der Waals surface area contributed by atoms with Crippen molar-refractivity contribution in [2.45, 2.75) is 25.4 Å². The predicted octanol–water partition coefficient (Wildman–Crippen LogP) is 2.56. The number of anilines is 1. The van der Waals surface area contributed by atoms with Crippen LogP contribution < -0.4 is 11.1 Å². The third-order valence-electron chi connectivity index (χ3n) is 4.30. The molecule has 2 aromatic heterocycles. The van der Waals surface area contributed by atoms with E-state index < -0.39 is 0 Å². The first-order chi connectivity index (χ1) is 12.7. The van der Waals surface area contributed by atoms with E-state index in [9.17, 15) is 9.59 Å². The highest BCUT2D eigenvalue weighted by atomic mass is 32.1. The highest BCUT2D eigenvalue weighted by Gasteiger charge is 2.26. The molecule has 2 aromatic rings. The summed E-state index contributed by atoms with van der Waals surface area (Å²) in [5, 5.41) is 5.10. The van der Waals surface area contributed by atoms with Crippen molar-refractivity contribution in [1.82, 2.24) is 4.90 Å². The minimum atomic E-state index is -0.362. The molecule has 3 rings (SSSR count). The molecule has 0 atom stereocenters. The van der Waals surface area contributed by atoms with Gasteiger partial charge in [0, 0.05) is 19.7 Å². The number of nitrogens with zero attached hydrogens (tertiary/aromatic N) is 1. The van der Waals surface area contributed by atoms with Gasteiger partial charge in [0.15, 0.2) is 5.76 Å². The molecule has 26 heavy (non-hydrogen) atoms. The van der Waals surface area contributed by atoms with Crippen LogP contribution in [0.4, 0.5) is 5.00 Å². The van der Waals surface area contributed by atoms with Crippen LogP contribution in [0.5, 0.6) is 0 Å². The molecule has 0 aliphatic carbocycles. The molecular formula is C18H23N3O4S. The standard InChI is InChI=1S/C18H23N3O4S/c19-7-2-11-24-13-4-8-21(9-5-13)18(23)14-6-12-26-17(14)20-16(22)15-3-1-10-25-15/h1,3,6,10,12-13H,2,4-5,7-9,11,19H2,(H,20,22). The van der Waals surface area contributed by atoms with Crippen LogP contribution in [0.3, 0.4) is 0 Å². The number of carbonyl (C=O) groups is 2. The van der Waals surface area contributed by atoms with Gasteiger partial charge < -0.3 is 25.1 Å². The number of furan rings is 1. The molecule has 7 nitrogen and oxygen atoms in total. The van der Waals surface area contributed by atoms with Crippen LogP contribution in [0.2, 0.25) is 0 Å². The third-order valence-corrected chi connectivity index (χ3v) is 5.13. The van der Waals surface area contributed by atoms with Crippen LogP contribution in [0.1, 0.15) is 40.2 Å². The SMILES string of the molecule is NCCCOC1CCN(C(=O)c2ccsc2NC(=O)c2ccco2)CC1. The zero-order valence-electron chi connectivity index (χ0n) is 14.5. The Bertz CT molecular complexity index is 721. The van der Waals surface area contributed by atoms with E-state index in [-0.39, 0.29) is 23.7 Å². The summed E-state index contributed by atoms with van der Waals surface area (Å²) in [5.41, 5.74) is 5.98. The number of piperidine rings is 1. The first-order valence-electron chi connectivity index (χ1n) is 8.72. The van der Waals surface area contributed by atoms with Gasteiger partial charge in [-0.25, -0.2) is 0 Å². The second kappa shape index (κ2) is 8.98. The Morgan fingerprint density at radius 2 is 2.15 bits per heavy atom. The molecule has 1 aliphatic heterocycles. The average molecular weight is 377 g/mol. The summed E-state index contributed by atoms with van der Waals surface area (Å²) in [4.78, 5) is 26.8. The molecule has 0 aromatic carbocycles. The van der Waals surface area contributed by atoms with E-state index in [4.69, 9.17) is 14.9 Å². The zero-order chi connectivity index (χ0) is 18.4. The highest BCUT2D eigenvalue weighted by molar-refractivity contribution is 7.14. The number of amides is 2. The maximum Gasteiger partial charge on any atom is 0.291 e. The fourth-order valence-electron chi connectivity index (χ4n) is 2.88. The Balaban J connectivity index is 1.56. The molecule has 0 saturated carbocycles. The molecule has 0 bridgehead atoms. The Labute approximate surface area is 156 Å². The van der Waals surface area contributed by atoms with Gasteiger partial charge in [-0.15, -0.1) is 11.3 Å². The number of carbonyl (C=O) groups excluding carboxylic acids is 2. The van der Waals surface area contributed by atoms with Crippen molar-refractivity contribution in [3.8, 4) is 0 Å². The normalized spacial score (nSPS) is 15.2. The van der Waals surface area contributed by atoms with E-state index in [1.54, 1.807) is 23.6 Å². The van der Waals surface area contributed by atoms with Crippen molar-refractivity contribution in [1.29, 1.82) is 0 Å². The molecule has 1 aliphatic rings. The number of hydrogen-bond donors (Lipinski definition) is 2. The van der Waals surface area contributed by atoms with E-state index in [0.29, 0.717) is 36.8 Å². The molecule has 140 valence electrons. The molecule has 3 heterocycles. The van der Waals surface area contributed by atoms with Crippen molar-refractivity contribution in [2.75, 3.05) is 31.6 Å². The summed E-state index contributed by atoms with van der Waals surface area (Å²) >= 11 is 1.32. The first-order valence-corrected chi connectivity index (χ1v) is 9.60. The summed E-state index contributed by atoms with van der Waals surface area (Å²) in [7, 11) is 0. The maximum atomic E-state index is 12.8. The van der Waals surface area contributed by atoms with Gasteiger partial charge in [-0.3, -0.25) is 9.59 Å². The van der Waals surface area contributed by atoms with Crippen LogP contribution >= 0.6 is 11.3 Å². The van der Waals surface area contributed by atoms with Crippen LogP contribution in [0.15, 0.2) is 34.3 Å². The molecule has 0 spiro atoms. The second-order valence-electron chi connectivity index (χ2n) is 6.10. The fourth-order valence-corrected chi connectivity index (χ4v) is 3.65. The molecule has 8 heteroatoms. The summed E-state index contributed by atoms with van der Waals surface area (Å²) in [5.74, 6) is -0.216. The monoisotopic (exact) mass is 377 g/mol. The number of thiophene rings is 1. The van der Waals surface area contributed by atoms with Gasteiger partial charge >= 0.3 is 0 Å². The summed E-state index contributed by atoms with van der Waals surface area (Å²) in [6.07, 6.45) is 4.11. The molecule has 3 N–H and O–H groups in total. The quantitative estimate of drug-likeness (QED) is 0.723. The lowest BCUT2D eigenvalue weighted by molar-refractivity contribution is 0.00849. The minimum Gasteiger partial charge on any atom is -0.459 e. The fraction of sp³-hybridized carbons (Fsp3) is 0.444. The molecule has 1 saturated heterocycles. The molecule has 1 fully saturated rings. The van der Waals surface area contributed by atoms with Gasteiger partial charge in [-0.05, 0) is 49.4 Å². The van der Waals surface area contributed by atoms with E-state index in [2.05, 4.69) is 5.32 Å². The molecule has 0 unspecified atom stereocenters. The number of nitrogens with two attached hydrogens (primary N) is 1. The highest BCUT2D eigenvalue weighted by Crippen LogP contribution is 2.27. The smallest absolute Gasteiger partial charge is 0.291 e. The molecule has 0 radical (unpaired) electrons. The van der Waals surface area contributed by atoms with Gasteiger partial charge in [0.05, 0.1) is 17.9 Å². The van der Waals surface area contributed by atoms with Crippen molar-refractivity contribution < 1.29 is 18.7 Å². The lowest BCUT2D eigenvalue weighted by atomic mass is 10.1. The lowest BCUT2D eigenvalue weighted by Gasteiger charge is -2.32. The molecular weight excluding hydrogens is 354 g/mol. The maximum absolute atomic E-state index is 12.8. The van der Waals surface area contributed by atoms with Gasteiger partial charge in [0.2, 0.25) is 0 Å². The van der Waals surface area contributed by atoms with E-state index in [1.807, 2.05) is 4.90 Å². The second-order valence-corrected chi connectivity index (χ2v) is 7.02. The van der Waals surface area contributed by atoms with Crippen LogP contribution in [-0.4, -0.2) is 49.1 Å². The van der Waals surface area contributed by atoms with Crippen molar-refractivity contribution >= 4 is 28.2 Å². The Hall–Kier alpha value is -2.16. The molecule has 2 amide bonds. The van der Waals surface area contributed by atoms with Gasteiger partial charge in [0.1, 0.15) is 5.00 Å². The lowest BCUT2D eigenvalue weighted by Crippen LogP contribution is -2.41. The largest absolute Gasteiger partial charge is 0.459 e. The number of hydrogen-bond acceptors (Lipinski definition) is 6. The van der Waals surface area contributed by atoms with Crippen LogP contribution in [0.25, 0.3) is 0 Å². The van der Waals surface area contributed by atoms with E-state index in [1.165, 1.54) is 17.6 Å². The Morgan fingerprint density at radius 3 is 2.85 bits per heavy atom. The zero-order valence-corrected chi connectivity index (χ0v) is 15.3. The third kappa shape index (κ3) is 4.51. The first kappa shape index (κ1) is 18.6. The summed E-state index contributed by atoms with van der Waals surface area (Å²) < 4.78 is 10.9. The average Bonchev–Trinajstić information content (AvgIpc) is 3.34. The van der Waals surface area contributed by atoms with Crippen molar-refractivity contribution in [3.05, 3.63) is 41.2 Å². The number of ether oxygens (including phenoxy) is 1. The van der Waals surface area contributed by atoms with E-state index >= 15 is 0 Å². The van der Waals surface area contributed by atoms with Gasteiger partial charge in [-0.2, -0.15) is 0 Å². The van der Waals surface area contributed by atoms with Crippen molar-refractivity contribution in [3.63, 3.8) is 0 Å². The number of rotatable bonds is 7. The van der Waals surface area contributed by atoms with E-state index in [0.717, 1.165) is 19.3 Å². The van der Waals surface area contributed by atoms with Crippen LogP contribution in [-0.2, 0) is 4.74 Å². The van der Waals surface area contributed by atoms with Crippen molar-refractivity contribution in [2.24, 2.45) is 5.73 Å². The summed E-state index contributed by atoms with van der Waals surface area (Å²) in [6.45, 7) is 2.59. The number of nitrogens with one attached hydrogen (secondary N) is 1. The Kier molecular flexibility index (Phi) is 6.43. The van der Waals surface area contributed by atoms with Gasteiger partial charge in [-0.1, -0.05) is 0 Å². The van der Waals surface area contributed by atoms with Gasteiger partial charge in [0.25, 0.3) is 11.8 Å². The number of likely N-dealkylation sites (tertiary alicyclic amines) is 1.